The summed E-state index contributed by atoms with van der Waals surface area (Å²) in [4.78, 5) is 21.4. The van der Waals surface area contributed by atoms with Gasteiger partial charge < -0.3 is 14.3 Å². The molecule has 1 atom stereocenters. The second-order valence-corrected chi connectivity index (χ2v) is 8.38. The number of piperidine rings is 1. The fourth-order valence-electron chi connectivity index (χ4n) is 4.65. The summed E-state index contributed by atoms with van der Waals surface area (Å²) in [6, 6.07) is 13.3. The van der Waals surface area contributed by atoms with E-state index in [9.17, 15) is 9.18 Å². The number of rotatable bonds is 3. The van der Waals surface area contributed by atoms with Gasteiger partial charge in [0.1, 0.15) is 5.82 Å². The van der Waals surface area contributed by atoms with Crippen molar-refractivity contribution in [1.82, 2.24) is 15.0 Å². The SMILES string of the molecule is Cc1noc(-c2ccc(N3CCCC(C(=O)N4CCc5ccccc5C4)C3)c(F)c2)n1. The molecule has 160 valence electrons. The van der Waals surface area contributed by atoms with Gasteiger partial charge >= 0.3 is 0 Å². The first-order valence-electron chi connectivity index (χ1n) is 10.8. The van der Waals surface area contributed by atoms with E-state index in [0.29, 0.717) is 36.1 Å². The molecule has 1 amide bonds. The number of carbonyl (C=O) groups excluding carboxylic acids is 1. The number of halogens is 1. The molecule has 0 radical (unpaired) electrons. The summed E-state index contributed by atoms with van der Waals surface area (Å²) in [5.74, 6) is 0.542. The van der Waals surface area contributed by atoms with Crippen LogP contribution in [-0.4, -0.2) is 40.6 Å². The zero-order valence-corrected chi connectivity index (χ0v) is 17.6. The Labute approximate surface area is 180 Å². The van der Waals surface area contributed by atoms with E-state index in [2.05, 4.69) is 28.3 Å². The Kier molecular flexibility index (Phi) is 5.18. The van der Waals surface area contributed by atoms with E-state index >= 15 is 0 Å². The number of aromatic nitrogens is 2. The molecule has 1 saturated heterocycles. The van der Waals surface area contributed by atoms with E-state index in [-0.39, 0.29) is 17.6 Å². The quantitative estimate of drug-likeness (QED) is 0.641. The number of fused-ring (bicyclic) bond motifs is 1. The third kappa shape index (κ3) is 3.92. The van der Waals surface area contributed by atoms with Crippen molar-refractivity contribution < 1.29 is 13.7 Å². The Hall–Kier alpha value is -3.22. The van der Waals surface area contributed by atoms with Crippen LogP contribution >= 0.6 is 0 Å². The van der Waals surface area contributed by atoms with Gasteiger partial charge in [0.25, 0.3) is 5.89 Å². The highest BCUT2D eigenvalue weighted by atomic mass is 19.1. The van der Waals surface area contributed by atoms with Gasteiger partial charge in [0.2, 0.25) is 5.91 Å². The molecule has 0 N–H and O–H groups in total. The zero-order chi connectivity index (χ0) is 21.4. The van der Waals surface area contributed by atoms with Crippen LogP contribution in [-0.2, 0) is 17.8 Å². The van der Waals surface area contributed by atoms with E-state index in [1.165, 1.54) is 17.2 Å². The normalized spacial score (nSPS) is 18.7. The Bertz CT molecular complexity index is 1110. The first-order valence-corrected chi connectivity index (χ1v) is 10.8. The standard InChI is InChI=1S/C24H25FN4O2/c1-16-26-23(31-27-16)18-8-9-22(21(25)13-18)28-11-4-7-20(15-28)24(30)29-12-10-17-5-2-3-6-19(17)14-29/h2-3,5-6,8-9,13,20H,4,7,10-12,14-15H2,1H3. The first-order chi connectivity index (χ1) is 15.1. The first kappa shape index (κ1) is 19.7. The average Bonchev–Trinajstić information content (AvgIpc) is 3.24. The van der Waals surface area contributed by atoms with Gasteiger partial charge in [-0.2, -0.15) is 4.98 Å². The maximum absolute atomic E-state index is 14.9. The smallest absolute Gasteiger partial charge is 0.258 e. The number of amides is 1. The summed E-state index contributed by atoms with van der Waals surface area (Å²) in [6.45, 7) is 4.41. The molecule has 3 heterocycles. The van der Waals surface area contributed by atoms with Gasteiger partial charge in [-0.3, -0.25) is 4.79 Å². The molecule has 7 heteroatoms. The van der Waals surface area contributed by atoms with Crippen LogP contribution in [0.25, 0.3) is 11.5 Å². The van der Waals surface area contributed by atoms with Crippen LogP contribution in [0, 0.1) is 18.7 Å². The minimum absolute atomic E-state index is 0.114. The van der Waals surface area contributed by atoms with Gasteiger partial charge in [0, 0.05) is 31.7 Å². The molecule has 1 unspecified atom stereocenters. The van der Waals surface area contributed by atoms with Crippen LogP contribution in [0.15, 0.2) is 47.0 Å². The van der Waals surface area contributed by atoms with Crippen LogP contribution < -0.4 is 4.90 Å². The van der Waals surface area contributed by atoms with Crippen LogP contribution in [0.5, 0.6) is 0 Å². The Morgan fingerprint density at radius 3 is 2.77 bits per heavy atom. The minimum atomic E-state index is -0.339. The molecule has 0 bridgehead atoms. The molecular formula is C24H25FN4O2. The zero-order valence-electron chi connectivity index (χ0n) is 17.6. The number of anilines is 1. The second-order valence-electron chi connectivity index (χ2n) is 8.38. The van der Waals surface area contributed by atoms with Crippen molar-refractivity contribution in [2.24, 2.45) is 5.92 Å². The number of carbonyl (C=O) groups is 1. The van der Waals surface area contributed by atoms with Gasteiger partial charge in [0.15, 0.2) is 5.82 Å². The average molecular weight is 420 g/mol. The van der Waals surface area contributed by atoms with Crippen molar-refractivity contribution in [1.29, 1.82) is 0 Å². The largest absolute Gasteiger partial charge is 0.368 e. The number of hydrogen-bond acceptors (Lipinski definition) is 5. The van der Waals surface area contributed by atoms with Crippen molar-refractivity contribution in [3.63, 3.8) is 0 Å². The fraction of sp³-hybridized carbons (Fsp3) is 0.375. The summed E-state index contributed by atoms with van der Waals surface area (Å²) in [7, 11) is 0. The number of nitrogens with zero attached hydrogens (tertiary/aromatic N) is 4. The van der Waals surface area contributed by atoms with Crippen LogP contribution in [0.2, 0.25) is 0 Å². The lowest BCUT2D eigenvalue weighted by Crippen LogP contribution is -2.46. The molecule has 1 fully saturated rings. The lowest BCUT2D eigenvalue weighted by Gasteiger charge is -2.37. The molecule has 0 aliphatic carbocycles. The highest BCUT2D eigenvalue weighted by Gasteiger charge is 2.31. The van der Waals surface area contributed by atoms with Crippen LogP contribution in [0.1, 0.15) is 29.8 Å². The molecule has 0 spiro atoms. The van der Waals surface area contributed by atoms with Gasteiger partial charge in [0.05, 0.1) is 11.6 Å². The Morgan fingerprint density at radius 1 is 1.16 bits per heavy atom. The molecule has 6 nitrogen and oxygen atoms in total. The van der Waals surface area contributed by atoms with Crippen molar-refractivity contribution >= 4 is 11.6 Å². The Balaban J connectivity index is 1.30. The number of hydrogen-bond donors (Lipinski definition) is 0. The summed E-state index contributed by atoms with van der Waals surface area (Å²) >= 11 is 0. The van der Waals surface area contributed by atoms with Crippen molar-refractivity contribution in [3.8, 4) is 11.5 Å². The number of aryl methyl sites for hydroxylation is 1. The lowest BCUT2D eigenvalue weighted by atomic mass is 9.93. The predicted molar refractivity (Wildman–Crippen MR) is 115 cm³/mol. The predicted octanol–water partition coefficient (Wildman–Crippen LogP) is 3.99. The molecule has 1 aromatic heterocycles. The van der Waals surface area contributed by atoms with Gasteiger partial charge in [-0.05, 0) is 55.5 Å². The monoisotopic (exact) mass is 420 g/mol. The third-order valence-electron chi connectivity index (χ3n) is 6.28. The highest BCUT2D eigenvalue weighted by Crippen LogP contribution is 2.30. The van der Waals surface area contributed by atoms with E-state index in [1.54, 1.807) is 19.1 Å². The molecule has 0 saturated carbocycles. The molecule has 3 aromatic rings. The Morgan fingerprint density at radius 2 is 2.00 bits per heavy atom. The summed E-state index contributed by atoms with van der Waals surface area (Å²) in [5, 5.41) is 3.76. The summed E-state index contributed by atoms with van der Waals surface area (Å²) in [5.41, 5.74) is 3.63. The maximum atomic E-state index is 14.9. The van der Waals surface area contributed by atoms with Gasteiger partial charge in [-0.15, -0.1) is 0 Å². The number of benzene rings is 2. The van der Waals surface area contributed by atoms with Crippen molar-refractivity contribution in [2.75, 3.05) is 24.5 Å². The van der Waals surface area contributed by atoms with E-state index in [0.717, 1.165) is 32.4 Å². The van der Waals surface area contributed by atoms with E-state index < -0.39 is 0 Å². The molecule has 2 aliphatic rings. The molecule has 31 heavy (non-hydrogen) atoms. The van der Waals surface area contributed by atoms with E-state index in [1.807, 2.05) is 15.9 Å². The third-order valence-corrected chi connectivity index (χ3v) is 6.28. The molecule has 2 aromatic carbocycles. The molecule has 2 aliphatic heterocycles. The summed E-state index contributed by atoms with van der Waals surface area (Å²) < 4.78 is 20.1. The fourth-order valence-corrected chi connectivity index (χ4v) is 4.65. The van der Waals surface area contributed by atoms with E-state index in [4.69, 9.17) is 4.52 Å². The van der Waals surface area contributed by atoms with Crippen molar-refractivity contribution in [3.05, 3.63) is 65.2 Å². The summed E-state index contributed by atoms with van der Waals surface area (Å²) in [6.07, 6.45) is 2.60. The van der Waals surface area contributed by atoms with Gasteiger partial charge in [-0.25, -0.2) is 4.39 Å². The van der Waals surface area contributed by atoms with Crippen LogP contribution in [0.4, 0.5) is 10.1 Å². The molecular weight excluding hydrogens is 395 g/mol. The topological polar surface area (TPSA) is 62.5 Å². The lowest BCUT2D eigenvalue weighted by molar-refractivity contribution is -0.136. The highest BCUT2D eigenvalue weighted by molar-refractivity contribution is 5.80. The van der Waals surface area contributed by atoms with Gasteiger partial charge in [-0.1, -0.05) is 29.4 Å². The minimum Gasteiger partial charge on any atom is -0.368 e. The van der Waals surface area contributed by atoms with Crippen LogP contribution in [0.3, 0.4) is 0 Å². The molecule has 5 rings (SSSR count). The maximum Gasteiger partial charge on any atom is 0.258 e. The van der Waals surface area contributed by atoms with Crippen molar-refractivity contribution in [2.45, 2.75) is 32.7 Å². The second kappa shape index (κ2) is 8.13.